The van der Waals surface area contributed by atoms with Gasteiger partial charge in [-0.3, -0.25) is 10.8 Å². The van der Waals surface area contributed by atoms with E-state index in [4.69, 9.17) is 15.3 Å². The Hall–Kier alpha value is -2.11. The number of pyridine rings is 1. The van der Waals surface area contributed by atoms with Crippen LogP contribution in [0.5, 0.6) is 11.5 Å². The molecule has 2 atom stereocenters. The maximum Gasteiger partial charge on any atom is 0.161 e. The summed E-state index contributed by atoms with van der Waals surface area (Å²) < 4.78 is 11.6. The normalized spacial score (nSPS) is 18.9. The predicted molar refractivity (Wildman–Crippen MR) is 70.7 cm³/mol. The second kappa shape index (κ2) is 5.26. The molecule has 2 heterocycles. The second-order valence-electron chi connectivity index (χ2n) is 4.34. The third-order valence-electron chi connectivity index (χ3n) is 3.13. The molecular weight excluding hydrogens is 242 g/mol. The van der Waals surface area contributed by atoms with Crippen molar-refractivity contribution in [3.63, 3.8) is 0 Å². The molecule has 1 aromatic carbocycles. The molecule has 0 saturated carbocycles. The lowest BCUT2D eigenvalue weighted by Crippen LogP contribution is -2.44. The Morgan fingerprint density at radius 1 is 1.21 bits per heavy atom. The third-order valence-corrected chi connectivity index (χ3v) is 3.13. The minimum absolute atomic E-state index is 0.165. The van der Waals surface area contributed by atoms with E-state index in [0.29, 0.717) is 6.61 Å². The average molecular weight is 257 g/mol. The van der Waals surface area contributed by atoms with Gasteiger partial charge in [0.2, 0.25) is 0 Å². The summed E-state index contributed by atoms with van der Waals surface area (Å²) in [5.41, 5.74) is 3.74. The molecule has 1 aromatic heterocycles. The van der Waals surface area contributed by atoms with Crippen molar-refractivity contribution in [1.29, 1.82) is 0 Å². The highest BCUT2D eigenvalue weighted by Crippen LogP contribution is 2.33. The van der Waals surface area contributed by atoms with Gasteiger partial charge in [-0.2, -0.15) is 0 Å². The molecule has 2 unspecified atom stereocenters. The van der Waals surface area contributed by atoms with E-state index in [1.54, 1.807) is 12.4 Å². The average Bonchev–Trinajstić information content (AvgIpc) is 2.49. The fourth-order valence-electron chi connectivity index (χ4n) is 2.18. The van der Waals surface area contributed by atoms with E-state index >= 15 is 0 Å². The van der Waals surface area contributed by atoms with Crippen molar-refractivity contribution in [1.82, 2.24) is 10.4 Å². The Labute approximate surface area is 111 Å². The molecule has 1 aliphatic rings. The van der Waals surface area contributed by atoms with Crippen molar-refractivity contribution < 1.29 is 9.47 Å². The van der Waals surface area contributed by atoms with Gasteiger partial charge in [0.25, 0.3) is 0 Å². The number of rotatable bonds is 3. The lowest BCUT2D eigenvalue weighted by atomic mass is 10.0. The zero-order valence-electron chi connectivity index (χ0n) is 10.3. The molecule has 2 aromatic rings. The smallest absolute Gasteiger partial charge is 0.161 e. The fourth-order valence-corrected chi connectivity index (χ4v) is 2.18. The van der Waals surface area contributed by atoms with Crippen LogP contribution in [0.15, 0.2) is 48.8 Å². The maximum atomic E-state index is 5.94. The molecule has 0 fully saturated rings. The van der Waals surface area contributed by atoms with Gasteiger partial charge in [0.05, 0.1) is 6.04 Å². The molecule has 0 amide bonds. The first-order valence-electron chi connectivity index (χ1n) is 6.13. The summed E-state index contributed by atoms with van der Waals surface area (Å²) >= 11 is 0. The van der Waals surface area contributed by atoms with E-state index < -0.39 is 0 Å². The van der Waals surface area contributed by atoms with Crippen LogP contribution in [-0.4, -0.2) is 17.7 Å². The summed E-state index contributed by atoms with van der Waals surface area (Å²) in [7, 11) is 0. The second-order valence-corrected chi connectivity index (χ2v) is 4.34. The molecule has 19 heavy (non-hydrogen) atoms. The summed E-state index contributed by atoms with van der Waals surface area (Å²) in [6.45, 7) is 0.445. The number of aromatic nitrogens is 1. The van der Waals surface area contributed by atoms with Crippen LogP contribution in [-0.2, 0) is 0 Å². The number of fused-ring (bicyclic) bond motifs is 1. The topological polar surface area (TPSA) is 69.4 Å². The Kier molecular flexibility index (Phi) is 3.31. The molecule has 3 N–H and O–H groups in total. The molecule has 1 aliphatic heterocycles. The summed E-state index contributed by atoms with van der Waals surface area (Å²) in [6, 6.07) is 11.3. The largest absolute Gasteiger partial charge is 0.486 e. The number of nitrogens with two attached hydrogens (primary N) is 1. The number of hydrogen-bond donors (Lipinski definition) is 2. The van der Waals surface area contributed by atoms with Crippen molar-refractivity contribution in [2.45, 2.75) is 12.1 Å². The SMILES string of the molecule is NNC(c1cccnc1)C1COc2ccccc2O1. The third kappa shape index (κ3) is 2.38. The Morgan fingerprint density at radius 3 is 2.79 bits per heavy atom. The predicted octanol–water partition coefficient (Wildman–Crippen LogP) is 1.43. The lowest BCUT2D eigenvalue weighted by Gasteiger charge is -2.31. The Balaban J connectivity index is 1.83. The van der Waals surface area contributed by atoms with Crippen molar-refractivity contribution >= 4 is 0 Å². The molecule has 98 valence electrons. The minimum atomic E-state index is -0.191. The van der Waals surface area contributed by atoms with Gasteiger partial charge in [-0.05, 0) is 23.8 Å². The number of ether oxygens (including phenoxy) is 2. The number of benzene rings is 1. The zero-order valence-corrected chi connectivity index (χ0v) is 10.3. The van der Waals surface area contributed by atoms with Crippen LogP contribution in [0.2, 0.25) is 0 Å². The van der Waals surface area contributed by atoms with Crippen LogP contribution in [0.25, 0.3) is 0 Å². The molecule has 5 nitrogen and oxygen atoms in total. The molecule has 0 spiro atoms. The van der Waals surface area contributed by atoms with Gasteiger partial charge in [0.15, 0.2) is 17.6 Å². The van der Waals surface area contributed by atoms with E-state index in [-0.39, 0.29) is 12.1 Å². The van der Waals surface area contributed by atoms with Gasteiger partial charge in [-0.25, -0.2) is 5.43 Å². The van der Waals surface area contributed by atoms with Gasteiger partial charge in [0.1, 0.15) is 6.61 Å². The van der Waals surface area contributed by atoms with E-state index in [2.05, 4.69) is 10.4 Å². The fraction of sp³-hybridized carbons (Fsp3) is 0.214. The number of nitrogens with zero attached hydrogens (tertiary/aromatic N) is 1. The lowest BCUT2D eigenvalue weighted by molar-refractivity contribution is 0.0616. The van der Waals surface area contributed by atoms with E-state index in [0.717, 1.165) is 17.1 Å². The Morgan fingerprint density at radius 2 is 2.05 bits per heavy atom. The van der Waals surface area contributed by atoms with Crippen LogP contribution < -0.4 is 20.7 Å². The molecule has 3 rings (SSSR count). The number of hydrogen-bond acceptors (Lipinski definition) is 5. The van der Waals surface area contributed by atoms with E-state index in [1.807, 2.05) is 36.4 Å². The highest BCUT2D eigenvalue weighted by Gasteiger charge is 2.29. The molecule has 0 saturated heterocycles. The maximum absolute atomic E-state index is 5.94. The molecule has 0 bridgehead atoms. The first-order valence-corrected chi connectivity index (χ1v) is 6.13. The van der Waals surface area contributed by atoms with Gasteiger partial charge >= 0.3 is 0 Å². The van der Waals surface area contributed by atoms with Gasteiger partial charge < -0.3 is 9.47 Å². The van der Waals surface area contributed by atoms with Crippen molar-refractivity contribution in [2.75, 3.05) is 6.61 Å². The quantitative estimate of drug-likeness (QED) is 0.643. The summed E-state index contributed by atoms with van der Waals surface area (Å²) in [5, 5.41) is 0. The number of para-hydroxylation sites is 2. The molecule has 5 heteroatoms. The number of hydrazine groups is 1. The summed E-state index contributed by atoms with van der Waals surface area (Å²) in [6.07, 6.45) is 3.31. The Bertz CT molecular complexity index is 547. The van der Waals surface area contributed by atoms with Crippen molar-refractivity contribution in [3.05, 3.63) is 54.4 Å². The van der Waals surface area contributed by atoms with E-state index in [9.17, 15) is 0 Å². The first-order chi connectivity index (χ1) is 9.38. The van der Waals surface area contributed by atoms with Crippen LogP contribution in [0, 0.1) is 0 Å². The van der Waals surface area contributed by atoms with Crippen molar-refractivity contribution in [3.8, 4) is 11.5 Å². The summed E-state index contributed by atoms with van der Waals surface area (Å²) in [5.74, 6) is 7.15. The van der Waals surface area contributed by atoms with Crippen molar-refractivity contribution in [2.24, 2.45) is 5.84 Å². The highest BCUT2D eigenvalue weighted by molar-refractivity contribution is 5.41. The van der Waals surface area contributed by atoms with Crippen LogP contribution >= 0.6 is 0 Å². The van der Waals surface area contributed by atoms with Gasteiger partial charge in [-0.1, -0.05) is 18.2 Å². The first kappa shape index (κ1) is 12.0. The zero-order chi connectivity index (χ0) is 13.1. The van der Waals surface area contributed by atoms with Gasteiger partial charge in [-0.15, -0.1) is 0 Å². The molecule has 0 aliphatic carbocycles. The standard InChI is InChI=1S/C14H15N3O2/c15-17-14(10-4-3-7-16-8-10)13-9-18-11-5-1-2-6-12(11)19-13/h1-8,13-14,17H,9,15H2. The molecular formula is C14H15N3O2. The highest BCUT2D eigenvalue weighted by atomic mass is 16.6. The summed E-state index contributed by atoms with van der Waals surface area (Å²) in [4.78, 5) is 4.10. The van der Waals surface area contributed by atoms with Crippen LogP contribution in [0.1, 0.15) is 11.6 Å². The minimum Gasteiger partial charge on any atom is -0.486 e. The van der Waals surface area contributed by atoms with Crippen LogP contribution in [0.3, 0.4) is 0 Å². The number of nitrogens with one attached hydrogen (secondary N) is 1. The van der Waals surface area contributed by atoms with Gasteiger partial charge in [0, 0.05) is 12.4 Å². The monoisotopic (exact) mass is 257 g/mol. The molecule has 0 radical (unpaired) electrons. The van der Waals surface area contributed by atoms with Crippen LogP contribution in [0.4, 0.5) is 0 Å². The van der Waals surface area contributed by atoms with E-state index in [1.165, 1.54) is 0 Å².